The Morgan fingerprint density at radius 3 is 2.90 bits per heavy atom. The Hall–Kier alpha value is -1.46. The van der Waals surface area contributed by atoms with Gasteiger partial charge in [-0.25, -0.2) is 0 Å². The highest BCUT2D eigenvalue weighted by atomic mass is 32.1. The predicted molar refractivity (Wildman–Crippen MR) is 81.8 cm³/mol. The van der Waals surface area contributed by atoms with Crippen LogP contribution in [0.3, 0.4) is 0 Å². The molecule has 1 heterocycles. The van der Waals surface area contributed by atoms with Gasteiger partial charge in [-0.1, -0.05) is 30.4 Å². The van der Waals surface area contributed by atoms with Crippen molar-refractivity contribution >= 4 is 27.5 Å². The van der Waals surface area contributed by atoms with Gasteiger partial charge < -0.3 is 9.30 Å². The van der Waals surface area contributed by atoms with Gasteiger partial charge in [0.1, 0.15) is 0 Å². The van der Waals surface area contributed by atoms with Crippen molar-refractivity contribution in [3.8, 4) is 0 Å². The number of nitrogens with zero attached hydrogens (tertiary/aromatic N) is 2. The summed E-state index contributed by atoms with van der Waals surface area (Å²) in [7, 11) is 0. The molecule has 1 aromatic carbocycles. The Morgan fingerprint density at radius 2 is 2.15 bits per heavy atom. The van der Waals surface area contributed by atoms with E-state index in [1.54, 1.807) is 11.3 Å². The Morgan fingerprint density at radius 1 is 1.35 bits per heavy atom. The van der Waals surface area contributed by atoms with Gasteiger partial charge >= 0.3 is 0 Å². The number of carbonyl (C=O) groups excluding carboxylic acids is 1. The van der Waals surface area contributed by atoms with Crippen molar-refractivity contribution in [1.82, 2.24) is 4.57 Å². The van der Waals surface area contributed by atoms with Gasteiger partial charge in [0, 0.05) is 19.6 Å². The second-order valence-electron chi connectivity index (χ2n) is 4.46. The molecule has 0 N–H and O–H groups in total. The standard InChI is InChI=1S/C15H20N2O2S/c1-3-7-14(18)16-15-17(10-11-19-4-2)12-8-5-6-9-13(12)20-15/h5-6,8-9H,3-4,7,10-11H2,1-2H3. The van der Waals surface area contributed by atoms with E-state index in [1.165, 1.54) is 0 Å². The fourth-order valence-electron chi connectivity index (χ4n) is 2.00. The quantitative estimate of drug-likeness (QED) is 0.768. The molecule has 0 aliphatic carbocycles. The molecule has 4 nitrogen and oxygen atoms in total. The number of rotatable bonds is 6. The molecule has 0 bridgehead atoms. The Labute approximate surface area is 122 Å². The molecule has 0 fully saturated rings. The van der Waals surface area contributed by atoms with Crippen LogP contribution in [0.5, 0.6) is 0 Å². The molecule has 1 amide bonds. The smallest absolute Gasteiger partial charge is 0.248 e. The van der Waals surface area contributed by atoms with Crippen molar-refractivity contribution in [2.45, 2.75) is 33.2 Å². The van der Waals surface area contributed by atoms with E-state index in [1.807, 2.05) is 26.0 Å². The van der Waals surface area contributed by atoms with Crippen LogP contribution in [-0.4, -0.2) is 23.7 Å². The summed E-state index contributed by atoms with van der Waals surface area (Å²) in [5.41, 5.74) is 1.11. The summed E-state index contributed by atoms with van der Waals surface area (Å²) in [6, 6.07) is 8.12. The van der Waals surface area contributed by atoms with E-state index in [0.717, 1.165) is 28.0 Å². The van der Waals surface area contributed by atoms with Crippen molar-refractivity contribution < 1.29 is 9.53 Å². The normalized spacial score (nSPS) is 12.2. The summed E-state index contributed by atoms with van der Waals surface area (Å²) in [4.78, 5) is 16.8. The van der Waals surface area contributed by atoms with Crippen LogP contribution >= 0.6 is 11.3 Å². The van der Waals surface area contributed by atoms with Crippen molar-refractivity contribution in [3.05, 3.63) is 29.1 Å². The number of hydrogen-bond acceptors (Lipinski definition) is 3. The average Bonchev–Trinajstić information content (AvgIpc) is 2.77. The van der Waals surface area contributed by atoms with Crippen LogP contribution in [0.1, 0.15) is 26.7 Å². The second kappa shape index (κ2) is 7.36. The number of fused-ring (bicyclic) bond motifs is 1. The molecule has 0 aliphatic heterocycles. The first-order chi connectivity index (χ1) is 9.76. The summed E-state index contributed by atoms with van der Waals surface area (Å²) >= 11 is 1.56. The molecule has 0 aliphatic rings. The van der Waals surface area contributed by atoms with E-state index < -0.39 is 0 Å². The summed E-state index contributed by atoms with van der Waals surface area (Å²) in [5, 5.41) is 0. The zero-order chi connectivity index (χ0) is 14.4. The number of amides is 1. The van der Waals surface area contributed by atoms with E-state index in [4.69, 9.17) is 4.74 Å². The summed E-state index contributed by atoms with van der Waals surface area (Å²) in [6.07, 6.45) is 1.33. The van der Waals surface area contributed by atoms with Gasteiger partial charge in [-0.3, -0.25) is 4.79 Å². The lowest BCUT2D eigenvalue weighted by Crippen LogP contribution is -2.19. The zero-order valence-corrected chi connectivity index (χ0v) is 12.8. The molecule has 0 unspecified atom stereocenters. The number of ether oxygens (including phenoxy) is 1. The van der Waals surface area contributed by atoms with Gasteiger partial charge in [0.2, 0.25) is 5.91 Å². The average molecular weight is 292 g/mol. The van der Waals surface area contributed by atoms with Crippen LogP contribution in [0, 0.1) is 0 Å². The first kappa shape index (κ1) is 14.9. The summed E-state index contributed by atoms with van der Waals surface area (Å²) in [5.74, 6) is -0.0517. The molecule has 0 atom stereocenters. The molecule has 2 aromatic rings. The predicted octanol–water partition coefficient (Wildman–Crippen LogP) is 2.97. The molecule has 0 saturated heterocycles. The lowest BCUT2D eigenvalue weighted by atomic mass is 10.3. The third kappa shape index (κ3) is 3.55. The minimum absolute atomic E-state index is 0.0517. The Balaban J connectivity index is 2.41. The molecule has 1 aromatic heterocycles. The molecular formula is C15H20N2O2S. The van der Waals surface area contributed by atoms with Crippen LogP contribution in [0.15, 0.2) is 29.3 Å². The van der Waals surface area contributed by atoms with Crippen LogP contribution in [0.4, 0.5) is 0 Å². The number of thiazole rings is 1. The Kier molecular flexibility index (Phi) is 5.49. The number of carbonyl (C=O) groups is 1. The number of benzene rings is 1. The van der Waals surface area contributed by atoms with Crippen molar-refractivity contribution in [3.63, 3.8) is 0 Å². The molecular weight excluding hydrogens is 272 g/mol. The lowest BCUT2D eigenvalue weighted by molar-refractivity contribution is -0.118. The van der Waals surface area contributed by atoms with Crippen molar-refractivity contribution in [2.24, 2.45) is 4.99 Å². The molecule has 5 heteroatoms. The molecule has 20 heavy (non-hydrogen) atoms. The molecule has 2 rings (SSSR count). The van der Waals surface area contributed by atoms with E-state index in [0.29, 0.717) is 19.6 Å². The van der Waals surface area contributed by atoms with Gasteiger partial charge in [-0.15, -0.1) is 0 Å². The van der Waals surface area contributed by atoms with Crippen molar-refractivity contribution in [2.75, 3.05) is 13.2 Å². The SMILES string of the molecule is CCCC(=O)N=c1sc2ccccc2n1CCOCC. The minimum atomic E-state index is -0.0517. The highest BCUT2D eigenvalue weighted by Gasteiger charge is 2.07. The van der Waals surface area contributed by atoms with Crippen LogP contribution < -0.4 is 4.80 Å². The third-order valence-electron chi connectivity index (χ3n) is 2.94. The van der Waals surface area contributed by atoms with E-state index in [9.17, 15) is 4.79 Å². The highest BCUT2D eigenvalue weighted by molar-refractivity contribution is 7.16. The summed E-state index contributed by atoms with van der Waals surface area (Å²) < 4.78 is 8.64. The van der Waals surface area contributed by atoms with Gasteiger partial charge in [0.25, 0.3) is 0 Å². The minimum Gasteiger partial charge on any atom is -0.380 e. The number of para-hydroxylation sites is 1. The first-order valence-electron chi connectivity index (χ1n) is 7.00. The number of hydrogen-bond donors (Lipinski definition) is 0. The lowest BCUT2D eigenvalue weighted by Gasteiger charge is -2.05. The van der Waals surface area contributed by atoms with Gasteiger partial charge in [-0.2, -0.15) is 4.99 Å². The monoisotopic (exact) mass is 292 g/mol. The molecule has 0 saturated carbocycles. The maximum Gasteiger partial charge on any atom is 0.248 e. The highest BCUT2D eigenvalue weighted by Crippen LogP contribution is 2.16. The van der Waals surface area contributed by atoms with Gasteiger partial charge in [0.05, 0.1) is 16.8 Å². The molecule has 0 radical (unpaired) electrons. The van der Waals surface area contributed by atoms with Gasteiger partial charge in [0.15, 0.2) is 4.80 Å². The fraction of sp³-hybridized carbons (Fsp3) is 0.467. The third-order valence-corrected chi connectivity index (χ3v) is 4.00. The van der Waals surface area contributed by atoms with Crippen LogP contribution in [0.2, 0.25) is 0 Å². The number of aromatic nitrogens is 1. The van der Waals surface area contributed by atoms with Crippen molar-refractivity contribution in [1.29, 1.82) is 0 Å². The van der Waals surface area contributed by atoms with Crippen LogP contribution in [-0.2, 0) is 16.1 Å². The van der Waals surface area contributed by atoms with Crippen LogP contribution in [0.25, 0.3) is 10.2 Å². The molecule has 0 spiro atoms. The Bertz CT molecular complexity index is 643. The second-order valence-corrected chi connectivity index (χ2v) is 5.47. The maximum absolute atomic E-state index is 11.8. The van der Waals surface area contributed by atoms with E-state index in [2.05, 4.69) is 21.7 Å². The van der Waals surface area contributed by atoms with E-state index >= 15 is 0 Å². The summed E-state index contributed by atoms with van der Waals surface area (Å²) in [6.45, 7) is 6.01. The van der Waals surface area contributed by atoms with E-state index in [-0.39, 0.29) is 5.91 Å². The topological polar surface area (TPSA) is 43.6 Å². The van der Waals surface area contributed by atoms with Gasteiger partial charge in [-0.05, 0) is 25.5 Å². The first-order valence-corrected chi connectivity index (χ1v) is 7.81. The zero-order valence-electron chi connectivity index (χ0n) is 12.0. The maximum atomic E-state index is 11.8. The molecule has 108 valence electrons. The largest absolute Gasteiger partial charge is 0.380 e. The fourth-order valence-corrected chi connectivity index (χ4v) is 3.07.